The summed E-state index contributed by atoms with van der Waals surface area (Å²) in [6, 6.07) is 8.00. The van der Waals surface area contributed by atoms with Gasteiger partial charge in [0.1, 0.15) is 0 Å². The predicted molar refractivity (Wildman–Crippen MR) is 109 cm³/mol. The highest BCUT2D eigenvalue weighted by Gasteiger charge is 2.33. The first-order valence-electron chi connectivity index (χ1n) is 8.93. The Kier molecular flexibility index (Phi) is 5.00. The molecule has 0 bridgehead atoms. The van der Waals surface area contributed by atoms with Gasteiger partial charge < -0.3 is 5.32 Å². The molecule has 1 atom stereocenters. The molecule has 0 amide bonds. The minimum atomic E-state index is 0.0467. The van der Waals surface area contributed by atoms with Crippen molar-refractivity contribution in [3.8, 4) is 0 Å². The van der Waals surface area contributed by atoms with E-state index in [4.69, 9.17) is 16.6 Å². The zero-order valence-corrected chi connectivity index (χ0v) is 16.9. The van der Waals surface area contributed by atoms with Crippen molar-refractivity contribution in [1.82, 2.24) is 10.3 Å². The van der Waals surface area contributed by atoms with E-state index in [0.29, 0.717) is 16.5 Å². The van der Waals surface area contributed by atoms with Crippen LogP contribution in [0.15, 0.2) is 34.9 Å². The van der Waals surface area contributed by atoms with E-state index in [1.807, 2.05) is 24.4 Å². The molecule has 1 aliphatic carbocycles. The van der Waals surface area contributed by atoms with E-state index in [9.17, 15) is 4.79 Å². The van der Waals surface area contributed by atoms with E-state index in [0.717, 1.165) is 52.8 Å². The van der Waals surface area contributed by atoms with E-state index < -0.39 is 0 Å². The van der Waals surface area contributed by atoms with Crippen LogP contribution in [-0.2, 0) is 4.79 Å². The fourth-order valence-corrected chi connectivity index (χ4v) is 4.72. The van der Waals surface area contributed by atoms with Gasteiger partial charge in [0.2, 0.25) is 0 Å². The molecule has 1 N–H and O–H groups in total. The summed E-state index contributed by atoms with van der Waals surface area (Å²) >= 11 is 9.83. The first-order valence-corrected chi connectivity index (χ1v) is 10.1. The normalized spacial score (nSPS) is 20.0. The lowest BCUT2D eigenvalue weighted by Crippen LogP contribution is -2.32. The van der Waals surface area contributed by atoms with Gasteiger partial charge in [-0.25, -0.2) is 0 Å². The SMILES string of the molecule is CC(=O)C1=Cc2cc(Br)cnc2C(C2CCNCC2)c2ccc(Cl)cc21. The summed E-state index contributed by atoms with van der Waals surface area (Å²) in [6.45, 7) is 3.65. The number of nitrogens with zero attached hydrogens (tertiary/aromatic N) is 1. The summed E-state index contributed by atoms with van der Waals surface area (Å²) in [5.41, 5.74) is 4.89. The molecule has 0 spiro atoms. The van der Waals surface area contributed by atoms with E-state index in [1.54, 1.807) is 6.92 Å². The molecular weight excluding hydrogens is 412 g/mol. The van der Waals surface area contributed by atoms with Crippen molar-refractivity contribution in [2.45, 2.75) is 25.7 Å². The first kappa shape index (κ1) is 17.9. The zero-order valence-electron chi connectivity index (χ0n) is 14.6. The third-order valence-electron chi connectivity index (χ3n) is 5.39. The molecule has 1 unspecified atom stereocenters. The highest BCUT2D eigenvalue weighted by atomic mass is 79.9. The Labute approximate surface area is 167 Å². The molecule has 2 aliphatic rings. The van der Waals surface area contributed by atoms with Gasteiger partial charge in [0, 0.05) is 27.2 Å². The number of carbonyl (C=O) groups is 1. The van der Waals surface area contributed by atoms with Gasteiger partial charge in [-0.2, -0.15) is 0 Å². The number of nitrogens with one attached hydrogen (secondary N) is 1. The van der Waals surface area contributed by atoms with Crippen molar-refractivity contribution >= 4 is 45.0 Å². The largest absolute Gasteiger partial charge is 0.317 e. The van der Waals surface area contributed by atoms with E-state index in [1.165, 1.54) is 0 Å². The average Bonchev–Trinajstić information content (AvgIpc) is 2.76. The molecule has 1 fully saturated rings. The molecule has 2 aromatic rings. The van der Waals surface area contributed by atoms with Crippen LogP contribution in [0.4, 0.5) is 0 Å². The monoisotopic (exact) mass is 430 g/mol. The second kappa shape index (κ2) is 7.26. The van der Waals surface area contributed by atoms with Crippen LogP contribution in [0.1, 0.15) is 48.1 Å². The van der Waals surface area contributed by atoms with Gasteiger partial charge in [0.05, 0.1) is 5.69 Å². The van der Waals surface area contributed by atoms with Crippen molar-refractivity contribution in [3.63, 3.8) is 0 Å². The number of allylic oxidation sites excluding steroid dienone is 1. The topological polar surface area (TPSA) is 42.0 Å². The number of piperidine rings is 1. The maximum atomic E-state index is 12.4. The Balaban J connectivity index is 1.99. The number of fused-ring (bicyclic) bond motifs is 2. The number of ketones is 1. The summed E-state index contributed by atoms with van der Waals surface area (Å²) < 4.78 is 0.920. The van der Waals surface area contributed by atoms with Crippen molar-refractivity contribution < 1.29 is 4.79 Å². The molecule has 4 rings (SSSR count). The number of aromatic nitrogens is 1. The van der Waals surface area contributed by atoms with Crippen LogP contribution in [-0.4, -0.2) is 23.9 Å². The molecule has 0 radical (unpaired) electrons. The molecule has 26 heavy (non-hydrogen) atoms. The van der Waals surface area contributed by atoms with Crippen LogP contribution in [0, 0.1) is 5.92 Å². The van der Waals surface area contributed by atoms with Gasteiger partial charge in [-0.1, -0.05) is 17.7 Å². The standard InChI is InChI=1S/C21H20BrClN2O/c1-12(26)18-9-14-8-15(22)11-25-21(14)20(13-4-6-24-7-5-13)17-3-2-16(23)10-19(17)18/h2-3,8-11,13,20,24H,4-7H2,1H3. The molecule has 1 saturated heterocycles. The Bertz CT molecular complexity index is 903. The number of carbonyl (C=O) groups excluding carboxylic acids is 1. The second-order valence-electron chi connectivity index (χ2n) is 7.04. The molecule has 2 heterocycles. The smallest absolute Gasteiger partial charge is 0.160 e. The Morgan fingerprint density at radius 1 is 1.27 bits per heavy atom. The minimum Gasteiger partial charge on any atom is -0.317 e. The quantitative estimate of drug-likeness (QED) is 0.721. The van der Waals surface area contributed by atoms with Crippen molar-refractivity contribution in [2.75, 3.05) is 13.1 Å². The molecule has 5 heteroatoms. The number of hydrogen-bond acceptors (Lipinski definition) is 3. The number of Topliss-reactive ketones (excluding diaryl/α,β-unsaturated/α-hetero) is 1. The lowest BCUT2D eigenvalue weighted by Gasteiger charge is -2.32. The first-order chi connectivity index (χ1) is 12.5. The highest BCUT2D eigenvalue weighted by Crippen LogP contribution is 2.44. The molecule has 1 aromatic carbocycles. The highest BCUT2D eigenvalue weighted by molar-refractivity contribution is 9.10. The molecule has 0 saturated carbocycles. The second-order valence-corrected chi connectivity index (χ2v) is 8.39. The van der Waals surface area contributed by atoms with Gasteiger partial charge in [-0.3, -0.25) is 9.78 Å². The van der Waals surface area contributed by atoms with Crippen LogP contribution < -0.4 is 5.32 Å². The summed E-state index contributed by atoms with van der Waals surface area (Å²) in [5, 5.41) is 4.10. The fourth-order valence-electron chi connectivity index (χ4n) is 4.20. The number of hydrogen-bond donors (Lipinski definition) is 1. The third kappa shape index (κ3) is 3.26. The van der Waals surface area contributed by atoms with Crippen LogP contribution >= 0.6 is 27.5 Å². The maximum absolute atomic E-state index is 12.4. The molecule has 134 valence electrons. The van der Waals surface area contributed by atoms with Gasteiger partial charge >= 0.3 is 0 Å². The predicted octanol–water partition coefficient (Wildman–Crippen LogP) is 5.07. The Hall–Kier alpha value is -1.49. The molecular formula is C21H20BrClN2O. The van der Waals surface area contributed by atoms with Gasteiger partial charge in [0.15, 0.2) is 5.78 Å². The van der Waals surface area contributed by atoms with Crippen molar-refractivity contribution in [3.05, 3.63) is 62.3 Å². The van der Waals surface area contributed by atoms with Crippen LogP contribution in [0.25, 0.3) is 11.6 Å². The van der Waals surface area contributed by atoms with Gasteiger partial charge in [-0.05, 0) is 95.7 Å². The number of pyridine rings is 1. The summed E-state index contributed by atoms with van der Waals surface area (Å²) in [6.07, 6.45) is 6.03. The summed E-state index contributed by atoms with van der Waals surface area (Å²) in [4.78, 5) is 17.2. The minimum absolute atomic E-state index is 0.0467. The number of rotatable bonds is 2. The summed E-state index contributed by atoms with van der Waals surface area (Å²) in [5.74, 6) is 0.703. The van der Waals surface area contributed by atoms with Crippen LogP contribution in [0.3, 0.4) is 0 Å². The van der Waals surface area contributed by atoms with Crippen LogP contribution in [0.5, 0.6) is 0 Å². The average molecular weight is 432 g/mol. The molecule has 1 aromatic heterocycles. The van der Waals surface area contributed by atoms with Gasteiger partial charge in [0.25, 0.3) is 0 Å². The molecule has 3 nitrogen and oxygen atoms in total. The Morgan fingerprint density at radius 2 is 2.04 bits per heavy atom. The third-order valence-corrected chi connectivity index (χ3v) is 6.05. The van der Waals surface area contributed by atoms with E-state index in [-0.39, 0.29) is 11.7 Å². The lowest BCUT2D eigenvalue weighted by molar-refractivity contribution is -0.111. The summed E-state index contributed by atoms with van der Waals surface area (Å²) in [7, 11) is 0. The van der Waals surface area contributed by atoms with E-state index >= 15 is 0 Å². The molecule has 1 aliphatic heterocycles. The van der Waals surface area contributed by atoms with Gasteiger partial charge in [-0.15, -0.1) is 0 Å². The van der Waals surface area contributed by atoms with Crippen molar-refractivity contribution in [2.24, 2.45) is 5.92 Å². The van der Waals surface area contributed by atoms with Crippen LogP contribution in [0.2, 0.25) is 5.02 Å². The Morgan fingerprint density at radius 3 is 2.77 bits per heavy atom. The number of halogens is 2. The van der Waals surface area contributed by atoms with E-state index in [2.05, 4.69) is 33.4 Å². The number of benzene rings is 1. The lowest BCUT2D eigenvalue weighted by atomic mass is 9.76. The van der Waals surface area contributed by atoms with Crippen molar-refractivity contribution in [1.29, 1.82) is 0 Å². The zero-order chi connectivity index (χ0) is 18.3. The maximum Gasteiger partial charge on any atom is 0.160 e. The fraction of sp³-hybridized carbons (Fsp3) is 0.333.